The first-order valence-electron chi connectivity index (χ1n) is 8.09. The number of rotatable bonds is 5. The highest BCUT2D eigenvalue weighted by Crippen LogP contribution is 2.20. The minimum Gasteiger partial charge on any atom is -0.489 e. The van der Waals surface area contributed by atoms with Gasteiger partial charge in [-0.15, -0.1) is 0 Å². The molecule has 0 bridgehead atoms. The number of aliphatic imine (C=N–C) groups is 1. The molecule has 24 heavy (non-hydrogen) atoms. The molecule has 0 unspecified atom stereocenters. The Balaban J connectivity index is 1.64. The standard InChI is InChI=1S/C22H21NO/c1-17-8-9-18(2)22(14-17)23-15-19-10-12-21(13-11-19)24-16-20-6-4-3-5-7-20/h3-15H,16H2,1-2H3. The Morgan fingerprint density at radius 2 is 1.62 bits per heavy atom. The third kappa shape index (κ3) is 4.32. The normalized spacial score (nSPS) is 10.9. The van der Waals surface area contributed by atoms with Crippen molar-refractivity contribution >= 4 is 11.9 Å². The third-order valence-corrected chi connectivity index (χ3v) is 3.85. The lowest BCUT2D eigenvalue weighted by Crippen LogP contribution is -1.95. The monoisotopic (exact) mass is 315 g/mol. The SMILES string of the molecule is Cc1ccc(C)c(N=Cc2ccc(OCc3ccccc3)cc2)c1. The van der Waals surface area contributed by atoms with Crippen LogP contribution in [0, 0.1) is 13.8 Å². The molecule has 2 heteroatoms. The third-order valence-electron chi connectivity index (χ3n) is 3.85. The molecule has 2 nitrogen and oxygen atoms in total. The molecule has 0 spiro atoms. The molecule has 0 aromatic heterocycles. The molecule has 0 atom stereocenters. The largest absolute Gasteiger partial charge is 0.489 e. The number of ether oxygens (including phenoxy) is 1. The number of aryl methyl sites for hydroxylation is 2. The molecular weight excluding hydrogens is 294 g/mol. The first kappa shape index (κ1) is 16.0. The fraction of sp³-hybridized carbons (Fsp3) is 0.136. The van der Waals surface area contributed by atoms with Gasteiger partial charge >= 0.3 is 0 Å². The Morgan fingerprint density at radius 1 is 0.875 bits per heavy atom. The topological polar surface area (TPSA) is 21.6 Å². The van der Waals surface area contributed by atoms with Gasteiger partial charge in [0.1, 0.15) is 12.4 Å². The van der Waals surface area contributed by atoms with Crippen molar-refractivity contribution in [3.63, 3.8) is 0 Å². The zero-order valence-corrected chi connectivity index (χ0v) is 14.1. The van der Waals surface area contributed by atoms with Gasteiger partial charge in [0, 0.05) is 6.21 Å². The van der Waals surface area contributed by atoms with Crippen molar-refractivity contribution < 1.29 is 4.74 Å². The summed E-state index contributed by atoms with van der Waals surface area (Å²) in [4.78, 5) is 4.59. The fourth-order valence-electron chi connectivity index (χ4n) is 2.39. The maximum atomic E-state index is 5.80. The highest BCUT2D eigenvalue weighted by atomic mass is 16.5. The summed E-state index contributed by atoms with van der Waals surface area (Å²) in [5.41, 5.74) is 5.64. The van der Waals surface area contributed by atoms with E-state index in [2.05, 4.69) is 49.2 Å². The maximum Gasteiger partial charge on any atom is 0.119 e. The quantitative estimate of drug-likeness (QED) is 0.559. The summed E-state index contributed by atoms with van der Waals surface area (Å²) in [6.07, 6.45) is 1.89. The number of hydrogen-bond donors (Lipinski definition) is 0. The molecule has 0 aliphatic rings. The predicted octanol–water partition coefficient (Wildman–Crippen LogP) is 5.63. The zero-order chi connectivity index (χ0) is 16.8. The molecule has 0 fully saturated rings. The first-order chi connectivity index (χ1) is 11.7. The second kappa shape index (κ2) is 7.60. The molecule has 3 rings (SSSR count). The van der Waals surface area contributed by atoms with E-state index in [1.807, 2.05) is 48.7 Å². The van der Waals surface area contributed by atoms with Crippen molar-refractivity contribution in [3.05, 3.63) is 95.1 Å². The smallest absolute Gasteiger partial charge is 0.119 e. The van der Waals surface area contributed by atoms with E-state index >= 15 is 0 Å². The van der Waals surface area contributed by atoms with E-state index in [0.29, 0.717) is 6.61 Å². The molecule has 0 aliphatic heterocycles. The van der Waals surface area contributed by atoms with Gasteiger partial charge in [0.25, 0.3) is 0 Å². The molecule has 0 aliphatic carbocycles. The van der Waals surface area contributed by atoms with E-state index in [1.54, 1.807) is 0 Å². The first-order valence-corrected chi connectivity index (χ1v) is 8.09. The summed E-state index contributed by atoms with van der Waals surface area (Å²) >= 11 is 0. The Bertz CT molecular complexity index is 820. The van der Waals surface area contributed by atoms with Crippen LogP contribution in [0.1, 0.15) is 22.3 Å². The molecule has 0 radical (unpaired) electrons. The maximum absolute atomic E-state index is 5.80. The van der Waals surface area contributed by atoms with Crippen LogP contribution < -0.4 is 4.74 Å². The van der Waals surface area contributed by atoms with E-state index in [1.165, 1.54) is 11.1 Å². The molecule has 0 saturated carbocycles. The fourth-order valence-corrected chi connectivity index (χ4v) is 2.39. The lowest BCUT2D eigenvalue weighted by atomic mass is 10.1. The zero-order valence-electron chi connectivity index (χ0n) is 14.1. The van der Waals surface area contributed by atoms with Gasteiger partial charge in [0.05, 0.1) is 5.69 Å². The van der Waals surface area contributed by atoms with E-state index < -0.39 is 0 Å². The van der Waals surface area contributed by atoms with Crippen molar-refractivity contribution in [2.75, 3.05) is 0 Å². The van der Waals surface area contributed by atoms with Crippen LogP contribution in [0.4, 0.5) is 5.69 Å². The van der Waals surface area contributed by atoms with Gasteiger partial charge in [0.15, 0.2) is 0 Å². The summed E-state index contributed by atoms with van der Waals surface area (Å²) in [6.45, 7) is 4.74. The van der Waals surface area contributed by atoms with Crippen LogP contribution in [-0.2, 0) is 6.61 Å². The summed E-state index contributed by atoms with van der Waals surface area (Å²) in [5, 5.41) is 0. The number of benzene rings is 3. The van der Waals surface area contributed by atoms with E-state index in [9.17, 15) is 0 Å². The highest BCUT2D eigenvalue weighted by Gasteiger charge is 1.98. The highest BCUT2D eigenvalue weighted by molar-refractivity contribution is 5.82. The van der Waals surface area contributed by atoms with Crippen LogP contribution in [0.15, 0.2) is 77.8 Å². The van der Waals surface area contributed by atoms with Crippen LogP contribution in [0.2, 0.25) is 0 Å². The average Bonchev–Trinajstić information content (AvgIpc) is 2.62. The molecule has 3 aromatic carbocycles. The van der Waals surface area contributed by atoms with E-state index in [0.717, 1.165) is 22.6 Å². The molecule has 3 aromatic rings. The van der Waals surface area contributed by atoms with Crippen molar-refractivity contribution in [3.8, 4) is 5.75 Å². The van der Waals surface area contributed by atoms with Crippen LogP contribution in [0.5, 0.6) is 5.75 Å². The minimum atomic E-state index is 0.580. The second-order valence-corrected chi connectivity index (χ2v) is 5.89. The summed E-state index contributed by atoms with van der Waals surface area (Å²) in [5.74, 6) is 0.864. The molecule has 0 amide bonds. The minimum absolute atomic E-state index is 0.580. The summed E-state index contributed by atoms with van der Waals surface area (Å²) in [7, 11) is 0. The predicted molar refractivity (Wildman–Crippen MR) is 100 cm³/mol. The van der Waals surface area contributed by atoms with Crippen molar-refractivity contribution in [2.24, 2.45) is 4.99 Å². The molecule has 0 heterocycles. The number of hydrogen-bond acceptors (Lipinski definition) is 2. The second-order valence-electron chi connectivity index (χ2n) is 5.89. The van der Waals surface area contributed by atoms with Gasteiger partial charge in [0.2, 0.25) is 0 Å². The summed E-state index contributed by atoms with van der Waals surface area (Å²) < 4.78 is 5.80. The Kier molecular flexibility index (Phi) is 5.07. The Hall–Kier alpha value is -2.87. The Labute approximate surface area is 143 Å². The van der Waals surface area contributed by atoms with Gasteiger partial charge in [-0.05, 0) is 66.4 Å². The Morgan fingerprint density at radius 3 is 2.38 bits per heavy atom. The molecule has 0 saturated heterocycles. The van der Waals surface area contributed by atoms with Crippen molar-refractivity contribution in [2.45, 2.75) is 20.5 Å². The van der Waals surface area contributed by atoms with Crippen molar-refractivity contribution in [1.29, 1.82) is 0 Å². The van der Waals surface area contributed by atoms with Gasteiger partial charge < -0.3 is 4.74 Å². The van der Waals surface area contributed by atoms with Gasteiger partial charge in [-0.2, -0.15) is 0 Å². The molecule has 120 valence electrons. The van der Waals surface area contributed by atoms with Gasteiger partial charge in [-0.25, -0.2) is 0 Å². The van der Waals surface area contributed by atoms with E-state index in [-0.39, 0.29) is 0 Å². The van der Waals surface area contributed by atoms with Crippen molar-refractivity contribution in [1.82, 2.24) is 0 Å². The summed E-state index contributed by atoms with van der Waals surface area (Å²) in [6, 6.07) is 24.5. The lowest BCUT2D eigenvalue weighted by molar-refractivity contribution is 0.306. The van der Waals surface area contributed by atoms with Gasteiger partial charge in [-0.1, -0.05) is 42.5 Å². The molecular formula is C22H21NO. The van der Waals surface area contributed by atoms with Crippen LogP contribution in [0.25, 0.3) is 0 Å². The average molecular weight is 315 g/mol. The number of nitrogens with zero attached hydrogens (tertiary/aromatic N) is 1. The van der Waals surface area contributed by atoms with Crippen LogP contribution in [-0.4, -0.2) is 6.21 Å². The van der Waals surface area contributed by atoms with Gasteiger partial charge in [-0.3, -0.25) is 4.99 Å². The van der Waals surface area contributed by atoms with Crippen LogP contribution >= 0.6 is 0 Å². The molecule has 0 N–H and O–H groups in total. The van der Waals surface area contributed by atoms with Crippen LogP contribution in [0.3, 0.4) is 0 Å². The lowest BCUT2D eigenvalue weighted by Gasteiger charge is -2.06. The van der Waals surface area contributed by atoms with E-state index in [4.69, 9.17) is 4.74 Å².